The van der Waals surface area contributed by atoms with E-state index in [0.29, 0.717) is 44.9 Å². The molecular formula is C47H81NO10. The molecule has 334 valence electrons. The molecule has 4 N–H and O–H groups in total. The zero-order valence-corrected chi connectivity index (χ0v) is 37.8. The number of hydrogen-bond acceptors (Lipinski definition) is 10. The highest BCUT2D eigenvalue weighted by atomic mass is 16.8. The van der Waals surface area contributed by atoms with Gasteiger partial charge >= 0.3 is 5.97 Å². The van der Waals surface area contributed by atoms with E-state index in [9.17, 15) is 24.9 Å². The number of hydrogen-bond donors (Lipinski definition) is 4. The fourth-order valence-corrected chi connectivity index (χ4v) is 11.4. The fraction of sp³-hybridized carbons (Fsp3) is 0.915. The van der Waals surface area contributed by atoms with Crippen molar-refractivity contribution in [3.05, 3.63) is 12.2 Å². The molecule has 0 radical (unpaired) electrons. The monoisotopic (exact) mass is 820 g/mol. The largest absolute Gasteiger partial charge is 0.481 e. The molecule has 0 aliphatic carbocycles. The normalized spacial score (nSPS) is 43.2. The van der Waals surface area contributed by atoms with Crippen LogP contribution in [0.15, 0.2) is 12.2 Å². The van der Waals surface area contributed by atoms with Crippen molar-refractivity contribution < 1.29 is 48.6 Å². The number of carboxylic acid groups (broad SMARTS) is 1. The minimum absolute atomic E-state index is 0.0276. The minimum Gasteiger partial charge on any atom is -0.481 e. The van der Waals surface area contributed by atoms with Gasteiger partial charge in [0.1, 0.15) is 5.78 Å². The van der Waals surface area contributed by atoms with Gasteiger partial charge in [0.25, 0.3) is 0 Å². The van der Waals surface area contributed by atoms with Crippen molar-refractivity contribution in [1.29, 1.82) is 0 Å². The van der Waals surface area contributed by atoms with E-state index >= 15 is 0 Å². The number of aliphatic carboxylic acids is 1. The molecule has 18 atom stereocenters. The lowest BCUT2D eigenvalue weighted by atomic mass is 9.72. The van der Waals surface area contributed by atoms with Crippen molar-refractivity contribution in [1.82, 2.24) is 5.32 Å². The number of carbonyl (C=O) groups excluding carboxylic acids is 1. The van der Waals surface area contributed by atoms with Crippen LogP contribution in [-0.2, 0) is 33.3 Å². The molecule has 0 amide bonds. The second-order valence-electron chi connectivity index (χ2n) is 19.6. The van der Waals surface area contributed by atoms with E-state index < -0.39 is 64.8 Å². The molecule has 0 aromatic carbocycles. The van der Waals surface area contributed by atoms with Crippen molar-refractivity contribution in [2.75, 3.05) is 6.54 Å². The summed E-state index contributed by atoms with van der Waals surface area (Å²) in [5, 5.41) is 36.7. The van der Waals surface area contributed by atoms with E-state index in [1.54, 1.807) is 0 Å². The Morgan fingerprint density at radius 2 is 1.59 bits per heavy atom. The fourth-order valence-electron chi connectivity index (χ4n) is 11.4. The molecule has 0 saturated carbocycles. The van der Waals surface area contributed by atoms with E-state index in [4.69, 9.17) is 23.7 Å². The third kappa shape index (κ3) is 9.47. The average molecular weight is 820 g/mol. The number of aliphatic hydroxyl groups is 2. The third-order valence-electron chi connectivity index (χ3n) is 15.6. The van der Waals surface area contributed by atoms with Crippen LogP contribution in [0.5, 0.6) is 0 Å². The predicted molar refractivity (Wildman–Crippen MR) is 224 cm³/mol. The van der Waals surface area contributed by atoms with Gasteiger partial charge in [-0.25, -0.2) is 0 Å². The van der Waals surface area contributed by atoms with Gasteiger partial charge in [0, 0.05) is 30.1 Å². The summed E-state index contributed by atoms with van der Waals surface area (Å²) in [6, 6.07) is -0.216. The highest BCUT2D eigenvalue weighted by Gasteiger charge is 2.63. The highest BCUT2D eigenvalue weighted by Crippen LogP contribution is 2.54. The zero-order valence-electron chi connectivity index (χ0n) is 37.8. The number of aliphatic hydroxyl groups excluding tert-OH is 1. The first kappa shape index (κ1) is 47.6. The standard InChI is InChI=1S/C47H81NO10/c1-12-16-17-26-48-37-20-23-46(58-47(37)25-24-44(11,57-47)38-21-22-45(53,15-4)33(10)54-38)30(7)27-29(6)42(56-46)35(14-3)40(50)31(8)39(49)32(9)41-28(5)18-19-36(55-41)34(13-2)43(51)52/h20,23,28-39,41-42,48-49,53H,12-19,21-22,24-27H2,1-11H3,(H,51,52)/t28-,29-,30+,31-,32-,33-,34+,35-,36+,37-,38+,39+,41+,42-,44-,45+,46-,47-/m0/s1. The lowest BCUT2D eigenvalue weighted by molar-refractivity contribution is -0.398. The Morgan fingerprint density at radius 3 is 2.21 bits per heavy atom. The first-order chi connectivity index (χ1) is 27.3. The molecule has 0 aromatic rings. The Bertz CT molecular complexity index is 1410. The number of carboxylic acids is 1. The van der Waals surface area contributed by atoms with E-state index in [2.05, 4.69) is 52.1 Å². The lowest BCUT2D eigenvalue weighted by Crippen LogP contribution is -2.65. The van der Waals surface area contributed by atoms with Crippen molar-refractivity contribution in [3.8, 4) is 0 Å². The number of nitrogens with one attached hydrogen (secondary N) is 1. The Morgan fingerprint density at radius 1 is 0.879 bits per heavy atom. The molecular weight excluding hydrogens is 739 g/mol. The summed E-state index contributed by atoms with van der Waals surface area (Å²) in [5.41, 5.74) is -1.49. The summed E-state index contributed by atoms with van der Waals surface area (Å²) in [6.07, 6.45) is 11.5. The molecule has 2 spiro atoms. The average Bonchev–Trinajstić information content (AvgIpc) is 3.53. The van der Waals surface area contributed by atoms with Crippen molar-refractivity contribution in [2.24, 2.45) is 41.4 Å². The van der Waals surface area contributed by atoms with Crippen LogP contribution in [0.4, 0.5) is 0 Å². The second-order valence-corrected chi connectivity index (χ2v) is 19.6. The molecule has 5 aliphatic heterocycles. The molecule has 4 saturated heterocycles. The first-order valence-electron chi connectivity index (χ1n) is 23.3. The topological polar surface area (TPSA) is 153 Å². The number of ether oxygens (including phenoxy) is 5. The number of ketones is 1. The first-order valence-corrected chi connectivity index (χ1v) is 23.3. The molecule has 0 aromatic heterocycles. The summed E-state index contributed by atoms with van der Waals surface area (Å²) >= 11 is 0. The van der Waals surface area contributed by atoms with Gasteiger partial charge < -0.3 is 44.3 Å². The Balaban J connectivity index is 1.36. The van der Waals surface area contributed by atoms with Crippen LogP contribution in [-0.4, -0.2) is 99.1 Å². The van der Waals surface area contributed by atoms with Crippen LogP contribution >= 0.6 is 0 Å². The summed E-state index contributed by atoms with van der Waals surface area (Å²) in [6.45, 7) is 23.2. The second kappa shape index (κ2) is 19.3. The Hall–Kier alpha value is -1.44. The van der Waals surface area contributed by atoms with Crippen LogP contribution < -0.4 is 5.32 Å². The van der Waals surface area contributed by atoms with Gasteiger partial charge in [0.15, 0.2) is 11.6 Å². The predicted octanol–water partition coefficient (Wildman–Crippen LogP) is 7.98. The molecule has 5 heterocycles. The Labute approximate surface area is 350 Å². The summed E-state index contributed by atoms with van der Waals surface area (Å²) in [7, 11) is 0. The van der Waals surface area contributed by atoms with Crippen LogP contribution in [0, 0.1) is 41.4 Å². The maximum absolute atomic E-state index is 14.6. The smallest absolute Gasteiger partial charge is 0.309 e. The zero-order chi connectivity index (χ0) is 42.8. The molecule has 0 unspecified atom stereocenters. The van der Waals surface area contributed by atoms with Gasteiger partial charge in [-0.2, -0.15) is 0 Å². The van der Waals surface area contributed by atoms with Crippen LogP contribution in [0.25, 0.3) is 0 Å². The van der Waals surface area contributed by atoms with Gasteiger partial charge in [-0.3, -0.25) is 9.59 Å². The van der Waals surface area contributed by atoms with Gasteiger partial charge in [-0.05, 0) is 103 Å². The molecule has 58 heavy (non-hydrogen) atoms. The SMILES string of the molecule is CCCCCN[C@H]1C=C[C@]2(O[C@H]([C@@H](CC)C(=O)[C@@H](C)[C@@H](O)[C@H](C)[C@@H]3O[C@@H]([C@@H](CC)C(=O)O)CC[C@@H]3C)[C@@H](C)C[C@H]2C)O[C@@]12CC[C@@](C)([C@H]1CC[C@](O)(CC)[C@H](C)O1)O2. The van der Waals surface area contributed by atoms with E-state index in [1.165, 1.54) is 0 Å². The summed E-state index contributed by atoms with van der Waals surface area (Å²) < 4.78 is 34.8. The van der Waals surface area contributed by atoms with Crippen molar-refractivity contribution >= 4 is 11.8 Å². The van der Waals surface area contributed by atoms with Gasteiger partial charge in [0.2, 0.25) is 0 Å². The maximum atomic E-state index is 14.6. The van der Waals surface area contributed by atoms with Crippen LogP contribution in [0.2, 0.25) is 0 Å². The van der Waals surface area contributed by atoms with E-state index in [0.717, 1.165) is 45.1 Å². The molecule has 4 fully saturated rings. The van der Waals surface area contributed by atoms with Gasteiger partial charge in [-0.1, -0.05) is 81.2 Å². The van der Waals surface area contributed by atoms with E-state index in [1.807, 2.05) is 41.5 Å². The molecule has 0 bridgehead atoms. The van der Waals surface area contributed by atoms with Gasteiger partial charge in [0.05, 0.1) is 59.8 Å². The number of Topliss-reactive ketones (excluding diaryl/α,β-unsaturated/α-hetero) is 1. The summed E-state index contributed by atoms with van der Waals surface area (Å²) in [4.78, 5) is 26.6. The quantitative estimate of drug-likeness (QED) is 0.0835. The van der Waals surface area contributed by atoms with Crippen molar-refractivity contribution in [2.45, 2.75) is 225 Å². The van der Waals surface area contributed by atoms with Gasteiger partial charge in [-0.15, -0.1) is 0 Å². The number of carbonyl (C=O) groups is 2. The molecule has 11 nitrogen and oxygen atoms in total. The van der Waals surface area contributed by atoms with Crippen LogP contribution in [0.1, 0.15) is 160 Å². The number of rotatable bonds is 17. The third-order valence-corrected chi connectivity index (χ3v) is 15.6. The summed E-state index contributed by atoms with van der Waals surface area (Å²) in [5.74, 6) is -5.03. The highest BCUT2D eigenvalue weighted by molar-refractivity contribution is 5.84. The minimum atomic E-state index is -1.13. The maximum Gasteiger partial charge on any atom is 0.309 e. The van der Waals surface area contributed by atoms with Crippen LogP contribution in [0.3, 0.4) is 0 Å². The Kier molecular flexibility index (Phi) is 15.8. The molecule has 11 heteroatoms. The van der Waals surface area contributed by atoms with Crippen molar-refractivity contribution in [3.63, 3.8) is 0 Å². The molecule has 5 aliphatic rings. The van der Waals surface area contributed by atoms with E-state index in [-0.39, 0.29) is 53.8 Å². The molecule has 5 rings (SSSR count). The lowest BCUT2D eigenvalue weighted by Gasteiger charge is -2.55. The number of unbranched alkanes of at least 4 members (excludes halogenated alkanes) is 2.